The summed E-state index contributed by atoms with van der Waals surface area (Å²) in [5, 5.41) is 2.73. The number of hydrogen-bond donors (Lipinski definition) is 0. The topological polar surface area (TPSA) is 59.9 Å². The monoisotopic (exact) mass is 556 g/mol. The molecular weight excluding hydrogens is 530 g/mol. The number of aromatic nitrogens is 2. The molecule has 0 spiro atoms. The average molecular weight is 557 g/mol. The average Bonchev–Trinajstić information content (AvgIpc) is 3.05. The van der Waals surface area contributed by atoms with E-state index >= 15 is 9.13 Å². The molecule has 0 aliphatic heterocycles. The van der Waals surface area contributed by atoms with Gasteiger partial charge in [0.2, 0.25) is 0 Å². The van der Waals surface area contributed by atoms with Gasteiger partial charge in [-0.2, -0.15) is 0 Å². The molecule has 4 nitrogen and oxygen atoms in total. The number of hydrogen-bond acceptors (Lipinski definition) is 4. The lowest BCUT2D eigenvalue weighted by Gasteiger charge is -2.25. The quantitative estimate of drug-likeness (QED) is 0.247. The van der Waals surface area contributed by atoms with Crippen molar-refractivity contribution >= 4 is 46.4 Å². The first-order valence-electron chi connectivity index (χ1n) is 13.0. The molecule has 0 radical (unpaired) electrons. The van der Waals surface area contributed by atoms with E-state index in [-0.39, 0.29) is 0 Å². The minimum atomic E-state index is -3.42. The van der Waals surface area contributed by atoms with Crippen molar-refractivity contribution in [3.63, 3.8) is 0 Å². The van der Waals surface area contributed by atoms with Gasteiger partial charge in [-0.1, -0.05) is 133 Å². The highest BCUT2D eigenvalue weighted by Gasteiger charge is 2.38. The second kappa shape index (κ2) is 11.0. The number of pyridine rings is 2. The van der Waals surface area contributed by atoms with Gasteiger partial charge in [-0.05, 0) is 12.1 Å². The molecule has 0 fully saturated rings. The predicted molar refractivity (Wildman–Crippen MR) is 166 cm³/mol. The number of rotatable bonds is 7. The van der Waals surface area contributed by atoms with E-state index < -0.39 is 14.3 Å². The van der Waals surface area contributed by atoms with Crippen LogP contribution in [0.1, 0.15) is 0 Å². The first kappa shape index (κ1) is 25.9. The van der Waals surface area contributed by atoms with Crippen molar-refractivity contribution in [2.45, 2.75) is 0 Å². The molecule has 0 atom stereocenters. The van der Waals surface area contributed by atoms with Gasteiger partial charge in [-0.15, -0.1) is 0 Å². The van der Waals surface area contributed by atoms with Crippen LogP contribution in [0.3, 0.4) is 0 Å². The summed E-state index contributed by atoms with van der Waals surface area (Å²) in [4.78, 5) is 9.54. The molecule has 0 N–H and O–H groups in total. The highest BCUT2D eigenvalue weighted by atomic mass is 31.2. The van der Waals surface area contributed by atoms with E-state index in [9.17, 15) is 0 Å². The zero-order valence-electron chi connectivity index (χ0n) is 21.6. The van der Waals surface area contributed by atoms with Crippen molar-refractivity contribution in [1.82, 2.24) is 9.97 Å². The van der Waals surface area contributed by atoms with Crippen LogP contribution in [-0.2, 0) is 9.13 Å². The van der Waals surface area contributed by atoms with Gasteiger partial charge < -0.3 is 9.13 Å². The Bertz CT molecular complexity index is 1620. The van der Waals surface area contributed by atoms with Gasteiger partial charge in [0, 0.05) is 44.7 Å². The van der Waals surface area contributed by atoms with Crippen LogP contribution in [0.25, 0.3) is 11.1 Å². The maximum Gasteiger partial charge on any atom is 0.189 e. The molecule has 0 saturated carbocycles. The molecule has 2 heterocycles. The molecule has 2 aromatic heterocycles. The van der Waals surface area contributed by atoms with Crippen LogP contribution in [0.2, 0.25) is 0 Å². The van der Waals surface area contributed by atoms with E-state index in [1.807, 2.05) is 146 Å². The zero-order valence-corrected chi connectivity index (χ0v) is 23.4. The fourth-order valence-corrected chi connectivity index (χ4v) is 10.5. The summed E-state index contributed by atoms with van der Waals surface area (Å²) in [6.07, 6.45) is 3.34. The molecule has 6 heteroatoms. The summed E-state index contributed by atoms with van der Waals surface area (Å²) in [5.41, 5.74) is 2.17. The van der Waals surface area contributed by atoms with Crippen molar-refractivity contribution in [2.24, 2.45) is 0 Å². The zero-order chi connectivity index (χ0) is 27.4. The van der Waals surface area contributed by atoms with Crippen molar-refractivity contribution in [1.29, 1.82) is 0 Å². The SMILES string of the molecule is O=P(c1ccccc1)(c1ccccc1)c1ncccc1-c1cccnc1P(=O)(c1ccccc1)c1ccccc1. The Morgan fingerprint density at radius 3 is 0.900 bits per heavy atom. The third-order valence-corrected chi connectivity index (χ3v) is 12.9. The third-order valence-electron chi connectivity index (χ3n) is 6.94. The molecule has 6 aromatic rings. The normalized spacial score (nSPS) is 11.7. The van der Waals surface area contributed by atoms with Gasteiger partial charge in [-0.25, -0.2) is 0 Å². The summed E-state index contributed by atoms with van der Waals surface area (Å²) >= 11 is 0. The first-order valence-corrected chi connectivity index (χ1v) is 16.4. The van der Waals surface area contributed by atoms with Gasteiger partial charge in [0.1, 0.15) is 10.9 Å². The summed E-state index contributed by atoms with van der Waals surface area (Å²) in [6.45, 7) is 0. The largest absolute Gasteiger partial charge is 0.307 e. The number of benzene rings is 4. The van der Waals surface area contributed by atoms with Crippen LogP contribution in [0.5, 0.6) is 0 Å². The Balaban J connectivity index is 1.66. The molecular formula is C34H26N2O2P2. The maximum atomic E-state index is 15.4. The smallest absolute Gasteiger partial charge is 0.189 e. The van der Waals surface area contributed by atoms with Gasteiger partial charge in [0.05, 0.1) is 0 Å². The van der Waals surface area contributed by atoms with Crippen molar-refractivity contribution in [3.8, 4) is 11.1 Å². The fraction of sp³-hybridized carbons (Fsp3) is 0. The van der Waals surface area contributed by atoms with Crippen molar-refractivity contribution in [2.75, 3.05) is 0 Å². The van der Waals surface area contributed by atoms with Crippen LogP contribution < -0.4 is 32.1 Å². The van der Waals surface area contributed by atoms with Crippen LogP contribution in [0, 0.1) is 0 Å². The maximum absolute atomic E-state index is 15.4. The molecule has 0 aliphatic rings. The van der Waals surface area contributed by atoms with Crippen LogP contribution >= 0.6 is 14.3 Å². The van der Waals surface area contributed by atoms with E-state index in [0.29, 0.717) is 43.2 Å². The molecule has 194 valence electrons. The number of nitrogens with zero attached hydrogens (tertiary/aromatic N) is 2. The van der Waals surface area contributed by atoms with E-state index in [4.69, 9.17) is 9.97 Å². The Hall–Kier alpha value is -4.36. The summed E-state index contributed by atoms with van der Waals surface area (Å²) in [7, 11) is -6.85. The molecule has 4 aromatic carbocycles. The van der Waals surface area contributed by atoms with Gasteiger partial charge >= 0.3 is 0 Å². The lowest BCUT2D eigenvalue weighted by atomic mass is 10.1. The molecule has 0 amide bonds. The summed E-state index contributed by atoms with van der Waals surface area (Å²) in [5.74, 6) is 0. The predicted octanol–water partition coefficient (Wildman–Crippen LogP) is 5.42. The second-order valence-corrected chi connectivity index (χ2v) is 14.7. The molecule has 0 saturated heterocycles. The van der Waals surface area contributed by atoms with Gasteiger partial charge in [0.15, 0.2) is 14.3 Å². The van der Waals surface area contributed by atoms with Gasteiger partial charge in [0.25, 0.3) is 0 Å². The Morgan fingerprint density at radius 1 is 0.350 bits per heavy atom. The molecule has 0 aliphatic carbocycles. The first-order chi connectivity index (χ1) is 19.6. The minimum absolute atomic E-state index is 0.439. The van der Waals surface area contributed by atoms with E-state index in [0.717, 1.165) is 0 Å². The van der Waals surface area contributed by atoms with Crippen molar-refractivity contribution < 1.29 is 9.13 Å². The van der Waals surface area contributed by atoms with Crippen LogP contribution in [-0.4, -0.2) is 9.97 Å². The summed E-state index contributed by atoms with van der Waals surface area (Å²) < 4.78 is 30.7. The lowest BCUT2D eigenvalue weighted by molar-refractivity contribution is 0.591. The molecule has 6 rings (SSSR count). The molecule has 0 bridgehead atoms. The lowest BCUT2D eigenvalue weighted by Crippen LogP contribution is -2.31. The fourth-order valence-electron chi connectivity index (χ4n) is 5.06. The van der Waals surface area contributed by atoms with Crippen LogP contribution in [0.4, 0.5) is 0 Å². The summed E-state index contributed by atoms with van der Waals surface area (Å²) in [6, 6.07) is 45.3. The highest BCUT2D eigenvalue weighted by molar-refractivity contribution is 7.86. The van der Waals surface area contributed by atoms with E-state index in [2.05, 4.69) is 0 Å². The standard InChI is InChI=1S/C34H26N2O2P2/c37-39(27-15-5-1-6-16-27,28-17-7-2-8-18-28)33-31(23-13-25-35-33)32-24-14-26-36-34(32)40(38,29-19-9-3-10-20-29)30-21-11-4-12-22-30/h1-26H. The minimum Gasteiger partial charge on any atom is -0.307 e. The van der Waals surface area contributed by atoms with E-state index in [1.165, 1.54) is 0 Å². The Kier molecular flexibility index (Phi) is 7.13. The molecule has 0 unspecified atom stereocenters. The van der Waals surface area contributed by atoms with Crippen molar-refractivity contribution in [3.05, 3.63) is 158 Å². The van der Waals surface area contributed by atoms with Crippen LogP contribution in [0.15, 0.2) is 158 Å². The Labute approximate surface area is 234 Å². The molecule has 40 heavy (non-hydrogen) atoms. The Morgan fingerprint density at radius 2 is 0.625 bits per heavy atom. The van der Waals surface area contributed by atoms with Gasteiger partial charge in [-0.3, -0.25) is 9.97 Å². The third kappa shape index (κ3) is 4.46. The van der Waals surface area contributed by atoms with E-state index in [1.54, 1.807) is 12.4 Å². The highest BCUT2D eigenvalue weighted by Crippen LogP contribution is 2.47. The second-order valence-electron chi connectivity index (χ2n) is 9.31.